The molecular formula is C71H130N2O21. The van der Waals surface area contributed by atoms with E-state index in [1.54, 1.807) is 6.08 Å². The summed E-state index contributed by atoms with van der Waals surface area (Å²) in [5, 5.41) is 136. The highest BCUT2D eigenvalue weighted by atomic mass is 16.8. The summed E-state index contributed by atoms with van der Waals surface area (Å²) >= 11 is 0. The number of unbranched alkanes of at least 4 members (excludes halogenated alkanes) is 34. The van der Waals surface area contributed by atoms with Crippen molar-refractivity contribution in [1.29, 1.82) is 0 Å². The van der Waals surface area contributed by atoms with E-state index in [0.29, 0.717) is 12.8 Å². The fourth-order valence-corrected chi connectivity index (χ4v) is 12.8. The third-order valence-corrected chi connectivity index (χ3v) is 18.6. The molecule has 3 aliphatic rings. The standard InChI is InChI=1S/C71H130N2O21/c1-4-6-8-10-12-14-16-17-18-19-20-21-22-23-24-25-26-27-28-29-30-31-32-33-34-35-37-39-41-43-45-58(81)73-52(53(78)44-42-40-38-36-15-13-11-9-7-5-2)50-89-68-63(85)62(84)65(57(49-76)91-68)92-69-64(86)67(61(83)56(48-75)90-69)94-71(70(87)88)46-54(79)59(72-51(3)77)66(93-71)60(82)55(80)47-74/h23-24,42,44,52-57,59-69,74-76,78-80,82-86H,4-22,25-41,43,45-50H2,1-3H3,(H,72,77)(H,73,81)(H,87,88)/b24-23-,44-42+. The molecule has 2 amide bonds. The first-order valence-corrected chi connectivity index (χ1v) is 36.7. The number of hydrogen-bond donors (Lipinski definition) is 14. The Morgan fingerprint density at radius 1 is 0.553 bits per heavy atom. The smallest absolute Gasteiger partial charge is 0.364 e. The SMILES string of the molecule is CCCCCCCCCC/C=C/C(O)C(COC1OC(CO)C(OC2OC(CO)C(O)C(OC3(C(=O)O)CC(O)C(NC(C)=O)C(C(O)C(O)CO)O3)C2O)C(O)C1O)NC(=O)CCCCCCCCCCCCCCCC/C=C\CCCCCCCCCCCCCC. The molecule has 0 aliphatic carbocycles. The number of rotatable bonds is 56. The number of nitrogens with one attached hydrogen (secondary N) is 2. The molecule has 23 heteroatoms. The lowest BCUT2D eigenvalue weighted by Gasteiger charge is -2.50. The molecular weight excluding hydrogens is 1220 g/mol. The minimum atomic E-state index is -3.08. The van der Waals surface area contributed by atoms with E-state index in [0.717, 1.165) is 51.9 Å². The van der Waals surface area contributed by atoms with Crippen LogP contribution in [-0.2, 0) is 42.8 Å². The van der Waals surface area contributed by atoms with E-state index in [2.05, 4.69) is 36.6 Å². The molecule has 18 atom stereocenters. The Morgan fingerprint density at radius 3 is 1.45 bits per heavy atom. The molecule has 0 aromatic heterocycles. The van der Waals surface area contributed by atoms with E-state index in [-0.39, 0.29) is 12.3 Å². The van der Waals surface area contributed by atoms with Crippen molar-refractivity contribution in [2.24, 2.45) is 0 Å². The molecule has 3 saturated heterocycles. The number of allylic oxidation sites excluding steroid dienone is 3. The van der Waals surface area contributed by atoms with Crippen LogP contribution in [0.2, 0.25) is 0 Å². The summed E-state index contributed by atoms with van der Waals surface area (Å²) in [4.78, 5) is 38.5. The summed E-state index contributed by atoms with van der Waals surface area (Å²) in [5.41, 5.74) is 0. The molecule has 3 aliphatic heterocycles. The van der Waals surface area contributed by atoms with Crippen LogP contribution in [0.25, 0.3) is 0 Å². The number of carboxylic acids is 1. The minimum Gasteiger partial charge on any atom is -0.477 e. The summed E-state index contributed by atoms with van der Waals surface area (Å²) in [6, 6.07) is -2.62. The fraction of sp³-hybridized carbons (Fsp3) is 0.901. The fourth-order valence-electron chi connectivity index (χ4n) is 12.8. The topological polar surface area (TPSA) is 373 Å². The van der Waals surface area contributed by atoms with Crippen molar-refractivity contribution in [3.8, 4) is 0 Å². The Labute approximate surface area is 562 Å². The van der Waals surface area contributed by atoms with Crippen molar-refractivity contribution in [3.63, 3.8) is 0 Å². The quantitative estimate of drug-likeness (QED) is 0.0205. The maximum atomic E-state index is 13.4. The highest BCUT2D eigenvalue weighted by Crippen LogP contribution is 2.39. The zero-order valence-electron chi connectivity index (χ0n) is 57.6. The molecule has 3 fully saturated rings. The van der Waals surface area contributed by atoms with Gasteiger partial charge >= 0.3 is 5.97 Å². The number of aliphatic hydroxyl groups is 11. The average molecular weight is 1350 g/mol. The van der Waals surface area contributed by atoms with Gasteiger partial charge in [0.1, 0.15) is 67.1 Å². The van der Waals surface area contributed by atoms with Gasteiger partial charge in [0.05, 0.1) is 50.7 Å². The second kappa shape index (κ2) is 51.4. The molecule has 0 saturated carbocycles. The van der Waals surface area contributed by atoms with Crippen LogP contribution in [0.3, 0.4) is 0 Å². The Morgan fingerprint density at radius 2 is 1.00 bits per heavy atom. The highest BCUT2D eigenvalue weighted by Gasteiger charge is 2.60. The van der Waals surface area contributed by atoms with E-state index in [9.17, 15) is 75.7 Å². The van der Waals surface area contributed by atoms with Crippen LogP contribution in [-0.4, -0.2) is 215 Å². The Hall–Kier alpha value is -2.79. The number of ether oxygens (including phenoxy) is 6. The van der Waals surface area contributed by atoms with Gasteiger partial charge in [-0.2, -0.15) is 0 Å². The van der Waals surface area contributed by atoms with Gasteiger partial charge in [-0.25, -0.2) is 4.79 Å². The molecule has 94 heavy (non-hydrogen) atoms. The molecule has 23 nitrogen and oxygen atoms in total. The van der Waals surface area contributed by atoms with Gasteiger partial charge in [0.2, 0.25) is 11.8 Å². The van der Waals surface area contributed by atoms with Gasteiger partial charge in [-0.3, -0.25) is 9.59 Å². The molecule has 0 aromatic rings. The van der Waals surface area contributed by atoms with Crippen LogP contribution in [0.4, 0.5) is 0 Å². The maximum Gasteiger partial charge on any atom is 0.364 e. The Kier molecular flexibility index (Phi) is 46.7. The third-order valence-electron chi connectivity index (χ3n) is 18.6. The normalized spacial score (nSPS) is 28.0. The van der Waals surface area contributed by atoms with E-state index in [4.69, 9.17) is 28.4 Å². The van der Waals surface area contributed by atoms with E-state index in [1.807, 2.05) is 6.08 Å². The van der Waals surface area contributed by atoms with Gasteiger partial charge in [-0.05, 0) is 44.9 Å². The van der Waals surface area contributed by atoms with Gasteiger partial charge in [0.25, 0.3) is 5.79 Å². The van der Waals surface area contributed by atoms with Crippen molar-refractivity contribution in [1.82, 2.24) is 10.6 Å². The van der Waals surface area contributed by atoms with Crippen LogP contribution in [0, 0.1) is 0 Å². The van der Waals surface area contributed by atoms with Gasteiger partial charge < -0.3 is 100 Å². The molecule has 0 aromatic carbocycles. The van der Waals surface area contributed by atoms with Crippen LogP contribution in [0.15, 0.2) is 24.3 Å². The van der Waals surface area contributed by atoms with Crippen LogP contribution in [0.5, 0.6) is 0 Å². The summed E-state index contributed by atoms with van der Waals surface area (Å²) in [7, 11) is 0. The van der Waals surface area contributed by atoms with E-state index in [1.165, 1.54) is 180 Å². The number of carbonyl (C=O) groups is 3. The minimum absolute atomic E-state index is 0.202. The lowest BCUT2D eigenvalue weighted by molar-refractivity contribution is -0.386. The summed E-state index contributed by atoms with van der Waals surface area (Å²) in [5.74, 6) is -6.14. The van der Waals surface area contributed by atoms with Crippen molar-refractivity contribution in [2.75, 3.05) is 26.4 Å². The zero-order chi connectivity index (χ0) is 68.9. The Bertz CT molecular complexity index is 1990. The number of carboxylic acid groups (broad SMARTS) is 1. The molecule has 550 valence electrons. The van der Waals surface area contributed by atoms with Crippen molar-refractivity contribution in [3.05, 3.63) is 24.3 Å². The van der Waals surface area contributed by atoms with Gasteiger partial charge in [0.15, 0.2) is 12.6 Å². The maximum absolute atomic E-state index is 13.4. The number of carbonyl (C=O) groups excluding carboxylic acids is 2. The molecule has 14 N–H and O–H groups in total. The van der Waals surface area contributed by atoms with Crippen molar-refractivity contribution < 1.29 is 104 Å². The second-order valence-electron chi connectivity index (χ2n) is 26.8. The largest absolute Gasteiger partial charge is 0.477 e. The van der Waals surface area contributed by atoms with Gasteiger partial charge in [-0.15, -0.1) is 0 Å². The van der Waals surface area contributed by atoms with Crippen molar-refractivity contribution >= 4 is 17.8 Å². The molecule has 0 spiro atoms. The van der Waals surface area contributed by atoms with Crippen LogP contribution < -0.4 is 10.6 Å². The lowest BCUT2D eigenvalue weighted by atomic mass is 9.88. The summed E-state index contributed by atoms with van der Waals surface area (Å²) < 4.78 is 34.7. The second-order valence-corrected chi connectivity index (χ2v) is 26.8. The molecule has 3 heterocycles. The first kappa shape index (κ1) is 85.4. The molecule has 0 bridgehead atoms. The number of amides is 2. The summed E-state index contributed by atoms with van der Waals surface area (Å²) in [6.07, 6.45) is 24.1. The van der Waals surface area contributed by atoms with Crippen molar-refractivity contribution in [2.45, 2.75) is 381 Å². The number of aliphatic hydroxyl groups excluding tert-OH is 11. The summed E-state index contributed by atoms with van der Waals surface area (Å²) in [6.45, 7) is 2.11. The predicted octanol–water partition coefficient (Wildman–Crippen LogP) is 7.62. The number of aliphatic carboxylic acids is 1. The third kappa shape index (κ3) is 32.9. The molecule has 18 unspecified atom stereocenters. The highest BCUT2D eigenvalue weighted by molar-refractivity contribution is 5.77. The van der Waals surface area contributed by atoms with E-state index < -0.39 is 155 Å². The first-order chi connectivity index (χ1) is 45.4. The van der Waals surface area contributed by atoms with Crippen LogP contribution >= 0.6 is 0 Å². The zero-order valence-corrected chi connectivity index (χ0v) is 57.6. The monoisotopic (exact) mass is 1350 g/mol. The van der Waals surface area contributed by atoms with E-state index >= 15 is 0 Å². The Balaban J connectivity index is 1.47. The predicted molar refractivity (Wildman–Crippen MR) is 357 cm³/mol. The van der Waals surface area contributed by atoms with Crippen LogP contribution in [0.1, 0.15) is 271 Å². The van der Waals surface area contributed by atoms with Gasteiger partial charge in [-0.1, -0.05) is 231 Å². The molecule has 3 rings (SSSR count). The average Bonchev–Trinajstić information content (AvgIpc) is 0.760. The number of hydrogen-bond acceptors (Lipinski definition) is 20. The molecule has 0 radical (unpaired) electrons. The first-order valence-electron chi connectivity index (χ1n) is 36.7. The van der Waals surface area contributed by atoms with Gasteiger partial charge in [0, 0.05) is 19.8 Å². The lowest BCUT2D eigenvalue weighted by Crippen LogP contribution is -2.70.